The lowest BCUT2D eigenvalue weighted by Crippen LogP contribution is -2.38. The summed E-state index contributed by atoms with van der Waals surface area (Å²) in [6.45, 7) is 7.05. The Labute approximate surface area is 96.7 Å². The zero-order chi connectivity index (χ0) is 12.8. The van der Waals surface area contributed by atoms with Gasteiger partial charge in [-0.1, -0.05) is 13.8 Å². The lowest BCUT2D eigenvalue weighted by molar-refractivity contribution is -0.141. The van der Waals surface area contributed by atoms with Crippen molar-refractivity contribution in [1.29, 1.82) is 0 Å². The molecule has 0 aliphatic rings. The van der Waals surface area contributed by atoms with Gasteiger partial charge in [-0.3, -0.25) is 9.36 Å². The van der Waals surface area contributed by atoms with Crippen LogP contribution in [-0.4, -0.2) is 29.4 Å². The normalized spacial score (nSPS) is 12.8. The molecule has 0 radical (unpaired) electrons. The Bertz CT molecular complexity index is 262. The number of carboxylic acid groups (broad SMARTS) is 1. The molecule has 0 aromatic carbocycles. The molecule has 0 saturated heterocycles. The van der Waals surface area contributed by atoms with Gasteiger partial charge in [0, 0.05) is 0 Å². The summed E-state index contributed by atoms with van der Waals surface area (Å²) in [5.41, 5.74) is 0. The first-order valence-corrected chi connectivity index (χ1v) is 7.10. The van der Waals surface area contributed by atoms with Crippen molar-refractivity contribution in [3.05, 3.63) is 0 Å². The van der Waals surface area contributed by atoms with Crippen LogP contribution in [0.4, 0.5) is 0 Å². The molecule has 0 spiro atoms. The largest absolute Gasteiger partial charge is 0.480 e. The lowest BCUT2D eigenvalue weighted by Gasteiger charge is -2.33. The average Bonchev–Trinajstić information content (AvgIpc) is 2.20. The highest BCUT2D eigenvalue weighted by atomic mass is 31.2. The SMILES string of the molecule is CCOP(=O)(OCC)C(CC)(CC)C(=O)O. The van der Waals surface area contributed by atoms with Crippen LogP contribution >= 0.6 is 7.60 Å². The third-order valence-corrected chi connectivity index (χ3v) is 5.76. The molecule has 96 valence electrons. The molecule has 0 aromatic rings. The second kappa shape index (κ2) is 6.38. The summed E-state index contributed by atoms with van der Waals surface area (Å²) in [5, 5.41) is 7.85. The minimum Gasteiger partial charge on any atom is -0.480 e. The fraction of sp³-hybridized carbons (Fsp3) is 0.900. The number of hydrogen-bond acceptors (Lipinski definition) is 4. The van der Waals surface area contributed by atoms with Gasteiger partial charge >= 0.3 is 13.6 Å². The lowest BCUT2D eigenvalue weighted by atomic mass is 10.0. The molecule has 6 heteroatoms. The molecule has 0 rings (SSSR count). The summed E-state index contributed by atoms with van der Waals surface area (Å²) >= 11 is 0. The highest BCUT2D eigenvalue weighted by molar-refractivity contribution is 7.56. The molecule has 0 aliphatic heterocycles. The van der Waals surface area contributed by atoms with Gasteiger partial charge in [-0.05, 0) is 26.7 Å². The van der Waals surface area contributed by atoms with Crippen molar-refractivity contribution in [2.45, 2.75) is 45.7 Å². The van der Waals surface area contributed by atoms with Crippen LogP contribution in [0.3, 0.4) is 0 Å². The van der Waals surface area contributed by atoms with Crippen LogP contribution in [0.15, 0.2) is 0 Å². The monoisotopic (exact) mass is 252 g/mol. The summed E-state index contributed by atoms with van der Waals surface area (Å²) in [7, 11) is -3.62. The highest BCUT2D eigenvalue weighted by Crippen LogP contribution is 2.63. The maximum Gasteiger partial charge on any atom is 0.347 e. The van der Waals surface area contributed by atoms with Crippen LogP contribution in [0.25, 0.3) is 0 Å². The topological polar surface area (TPSA) is 72.8 Å². The van der Waals surface area contributed by atoms with E-state index in [0.29, 0.717) is 0 Å². The Balaban J connectivity index is 5.41. The molecule has 0 unspecified atom stereocenters. The van der Waals surface area contributed by atoms with E-state index >= 15 is 0 Å². The van der Waals surface area contributed by atoms with Crippen molar-refractivity contribution >= 4 is 13.6 Å². The van der Waals surface area contributed by atoms with E-state index in [2.05, 4.69) is 0 Å². The summed E-state index contributed by atoms with van der Waals surface area (Å²) in [6.07, 6.45) is 0.437. The molecular weight excluding hydrogens is 231 g/mol. The summed E-state index contributed by atoms with van der Waals surface area (Å²) in [4.78, 5) is 11.3. The Morgan fingerprint density at radius 2 is 1.50 bits per heavy atom. The van der Waals surface area contributed by atoms with E-state index in [0.717, 1.165) is 0 Å². The number of aliphatic carboxylic acids is 1. The van der Waals surface area contributed by atoms with Crippen LogP contribution in [0.5, 0.6) is 0 Å². The van der Waals surface area contributed by atoms with E-state index in [1.165, 1.54) is 0 Å². The number of rotatable bonds is 8. The van der Waals surface area contributed by atoms with Crippen molar-refractivity contribution in [2.75, 3.05) is 13.2 Å². The van der Waals surface area contributed by atoms with Crippen molar-refractivity contribution in [3.63, 3.8) is 0 Å². The number of hydrogen-bond donors (Lipinski definition) is 1. The molecule has 0 heterocycles. The van der Waals surface area contributed by atoms with E-state index < -0.39 is 18.7 Å². The van der Waals surface area contributed by atoms with Crippen molar-refractivity contribution in [2.24, 2.45) is 0 Å². The molecule has 0 saturated carbocycles. The Hall–Kier alpha value is -0.380. The van der Waals surface area contributed by atoms with Gasteiger partial charge in [-0.15, -0.1) is 0 Å². The van der Waals surface area contributed by atoms with Gasteiger partial charge in [0.2, 0.25) is 0 Å². The van der Waals surface area contributed by atoms with Crippen LogP contribution in [0.1, 0.15) is 40.5 Å². The van der Waals surface area contributed by atoms with E-state index in [9.17, 15) is 14.5 Å². The van der Waals surface area contributed by atoms with Gasteiger partial charge in [0.1, 0.15) is 0 Å². The third-order valence-electron chi connectivity index (χ3n) is 2.69. The second-order valence-corrected chi connectivity index (χ2v) is 5.74. The quantitative estimate of drug-likeness (QED) is 0.672. The van der Waals surface area contributed by atoms with Crippen molar-refractivity contribution < 1.29 is 23.5 Å². The summed E-state index contributed by atoms with van der Waals surface area (Å²) < 4.78 is 22.8. The molecule has 0 atom stereocenters. The van der Waals surface area contributed by atoms with E-state index in [1.807, 2.05) is 0 Å². The number of carbonyl (C=O) groups is 1. The predicted octanol–water partition coefficient (Wildman–Crippen LogP) is 2.90. The van der Waals surface area contributed by atoms with E-state index in [4.69, 9.17) is 9.05 Å². The molecule has 0 aliphatic carbocycles. The number of carboxylic acids is 1. The zero-order valence-corrected chi connectivity index (χ0v) is 11.3. The van der Waals surface area contributed by atoms with Crippen LogP contribution in [-0.2, 0) is 18.4 Å². The molecule has 0 fully saturated rings. The van der Waals surface area contributed by atoms with Gasteiger partial charge < -0.3 is 14.2 Å². The summed E-state index contributed by atoms with van der Waals surface area (Å²) in [6, 6.07) is 0. The molecule has 1 N–H and O–H groups in total. The first-order valence-electron chi connectivity index (χ1n) is 5.56. The zero-order valence-electron chi connectivity index (χ0n) is 10.4. The van der Waals surface area contributed by atoms with Crippen molar-refractivity contribution in [1.82, 2.24) is 0 Å². The smallest absolute Gasteiger partial charge is 0.347 e. The average molecular weight is 252 g/mol. The molecule has 5 nitrogen and oxygen atoms in total. The Kier molecular flexibility index (Phi) is 6.23. The van der Waals surface area contributed by atoms with Crippen LogP contribution in [0.2, 0.25) is 0 Å². The fourth-order valence-electron chi connectivity index (χ4n) is 1.68. The van der Waals surface area contributed by atoms with Crippen molar-refractivity contribution in [3.8, 4) is 0 Å². The van der Waals surface area contributed by atoms with Crippen LogP contribution < -0.4 is 0 Å². The second-order valence-electron chi connectivity index (χ2n) is 3.38. The molecule has 0 bridgehead atoms. The molecule has 16 heavy (non-hydrogen) atoms. The maximum absolute atomic E-state index is 12.5. The molecule has 0 aromatic heterocycles. The first-order chi connectivity index (χ1) is 7.44. The maximum atomic E-state index is 12.5. The minimum atomic E-state index is -3.62. The highest BCUT2D eigenvalue weighted by Gasteiger charge is 2.54. The van der Waals surface area contributed by atoms with Crippen LogP contribution in [0, 0.1) is 0 Å². The van der Waals surface area contributed by atoms with Gasteiger partial charge in [0.05, 0.1) is 13.2 Å². The molecular formula is C10H21O5P. The Morgan fingerprint density at radius 1 is 1.12 bits per heavy atom. The minimum absolute atomic E-state index is 0.173. The van der Waals surface area contributed by atoms with Gasteiger partial charge in [-0.25, -0.2) is 0 Å². The van der Waals surface area contributed by atoms with E-state index in [-0.39, 0.29) is 26.1 Å². The fourth-order valence-corrected chi connectivity index (χ4v) is 3.94. The molecule has 0 amide bonds. The van der Waals surface area contributed by atoms with Gasteiger partial charge in [0.15, 0.2) is 5.16 Å². The first kappa shape index (κ1) is 15.6. The van der Waals surface area contributed by atoms with Gasteiger partial charge in [0.25, 0.3) is 0 Å². The predicted molar refractivity (Wildman–Crippen MR) is 61.8 cm³/mol. The third kappa shape index (κ3) is 2.65. The van der Waals surface area contributed by atoms with E-state index in [1.54, 1.807) is 27.7 Å². The van der Waals surface area contributed by atoms with Gasteiger partial charge in [-0.2, -0.15) is 0 Å². The Morgan fingerprint density at radius 3 is 1.69 bits per heavy atom. The standard InChI is InChI=1S/C10H21O5P/c1-5-10(6-2,9(11)12)16(13,14-7-3)15-8-4/h5-8H2,1-4H3,(H,11,12). The summed E-state index contributed by atoms with van der Waals surface area (Å²) in [5.74, 6) is -1.12.